The van der Waals surface area contributed by atoms with E-state index in [1.165, 1.54) is 18.6 Å². The van der Waals surface area contributed by atoms with E-state index >= 15 is 0 Å². The summed E-state index contributed by atoms with van der Waals surface area (Å²) in [4.78, 5) is 40.2. The zero-order valence-electron chi connectivity index (χ0n) is 13.9. The van der Waals surface area contributed by atoms with E-state index in [9.17, 15) is 22.8 Å². The number of aromatic nitrogens is 2. The van der Waals surface area contributed by atoms with Gasteiger partial charge in [0, 0.05) is 44.4 Å². The van der Waals surface area contributed by atoms with Crippen molar-refractivity contribution in [2.45, 2.75) is 19.3 Å². The van der Waals surface area contributed by atoms with Gasteiger partial charge < -0.3 is 0 Å². The van der Waals surface area contributed by atoms with E-state index < -0.39 is 10.0 Å². The van der Waals surface area contributed by atoms with E-state index in [4.69, 9.17) is 0 Å². The first-order chi connectivity index (χ1) is 12.4. The normalized spacial score (nSPS) is 14.8. The summed E-state index contributed by atoms with van der Waals surface area (Å²) in [6.45, 7) is -0.166. The van der Waals surface area contributed by atoms with Gasteiger partial charge in [-0.3, -0.25) is 28.2 Å². The quantitative estimate of drug-likeness (QED) is 0.519. The fraction of sp³-hybridized carbons (Fsp3) is 0.294. The van der Waals surface area contributed by atoms with Crippen LogP contribution in [-0.4, -0.2) is 52.2 Å². The lowest BCUT2D eigenvalue weighted by atomic mass is 10.1. The van der Waals surface area contributed by atoms with Gasteiger partial charge >= 0.3 is 0 Å². The summed E-state index contributed by atoms with van der Waals surface area (Å²) in [6, 6.07) is 6.55. The van der Waals surface area contributed by atoms with Crippen LogP contribution in [0.15, 0.2) is 42.9 Å². The summed E-state index contributed by atoms with van der Waals surface area (Å²) in [5.74, 6) is -1.28. The Bertz CT molecular complexity index is 934. The number of carbonyl (C=O) groups excluding carboxylic acids is 3. The predicted octanol–water partition coefficient (Wildman–Crippen LogP) is 0.635. The van der Waals surface area contributed by atoms with Crippen LogP contribution < -0.4 is 0 Å². The third kappa shape index (κ3) is 3.88. The van der Waals surface area contributed by atoms with Gasteiger partial charge in [-0.1, -0.05) is 6.07 Å². The lowest BCUT2D eigenvalue weighted by Gasteiger charge is -2.13. The summed E-state index contributed by atoms with van der Waals surface area (Å²) in [6.07, 6.45) is 4.52. The Kier molecular flexibility index (Phi) is 4.99. The zero-order chi connectivity index (χ0) is 18.7. The van der Waals surface area contributed by atoms with Crippen LogP contribution in [0, 0.1) is 0 Å². The molecule has 0 bridgehead atoms. The number of nitrogens with zero attached hydrogens (tertiary/aromatic N) is 3. The van der Waals surface area contributed by atoms with Crippen LogP contribution in [0.4, 0.5) is 0 Å². The van der Waals surface area contributed by atoms with Crippen molar-refractivity contribution >= 4 is 27.6 Å². The van der Waals surface area contributed by atoms with Crippen LogP contribution in [0.25, 0.3) is 0 Å². The molecule has 26 heavy (non-hydrogen) atoms. The molecule has 2 amide bonds. The van der Waals surface area contributed by atoms with E-state index in [2.05, 4.69) is 4.98 Å². The van der Waals surface area contributed by atoms with Crippen LogP contribution in [-0.2, 0) is 26.0 Å². The molecule has 0 radical (unpaired) electrons. The van der Waals surface area contributed by atoms with Crippen LogP contribution >= 0.6 is 0 Å². The molecular formula is C17H17N3O5S. The smallest absolute Gasteiger partial charge is 0.240 e. The molecule has 0 N–H and O–H groups in total. The number of Topliss-reactive ketones (excluding diaryl/α,β-unsaturated/α-hetero) is 1. The van der Waals surface area contributed by atoms with Gasteiger partial charge in [-0.2, -0.15) is 0 Å². The van der Waals surface area contributed by atoms with Crippen LogP contribution in [0.3, 0.4) is 0 Å². The molecule has 1 aliphatic heterocycles. The molecule has 2 aromatic rings. The summed E-state index contributed by atoms with van der Waals surface area (Å²) in [7, 11) is -3.73. The fourth-order valence-electron chi connectivity index (χ4n) is 2.68. The van der Waals surface area contributed by atoms with Crippen molar-refractivity contribution in [3.05, 3.63) is 54.1 Å². The van der Waals surface area contributed by atoms with Crippen LogP contribution in [0.1, 0.15) is 28.9 Å². The molecule has 1 aliphatic rings. The Morgan fingerprint density at radius 1 is 1.12 bits per heavy atom. The number of hydrogen-bond acceptors (Lipinski definition) is 6. The molecule has 0 atom stereocenters. The number of likely N-dealkylation sites (tertiary alicyclic amines) is 1. The van der Waals surface area contributed by atoms with Gasteiger partial charge in [-0.15, -0.1) is 0 Å². The van der Waals surface area contributed by atoms with Gasteiger partial charge in [0.2, 0.25) is 21.8 Å². The Morgan fingerprint density at radius 3 is 2.50 bits per heavy atom. The van der Waals surface area contributed by atoms with E-state index in [-0.39, 0.29) is 49.2 Å². The number of amides is 2. The second-order valence-corrected chi connectivity index (χ2v) is 7.91. The molecule has 0 saturated carbocycles. The van der Waals surface area contributed by atoms with Crippen molar-refractivity contribution in [1.29, 1.82) is 0 Å². The Balaban J connectivity index is 1.65. The van der Waals surface area contributed by atoms with Crippen LogP contribution in [0.5, 0.6) is 0 Å². The summed E-state index contributed by atoms with van der Waals surface area (Å²) < 4.78 is 25.8. The summed E-state index contributed by atoms with van der Waals surface area (Å²) in [5.41, 5.74) is 0.853. The molecule has 136 valence electrons. The number of pyridine rings is 1. The van der Waals surface area contributed by atoms with Gasteiger partial charge in [-0.25, -0.2) is 8.42 Å². The van der Waals surface area contributed by atoms with E-state index in [1.54, 1.807) is 24.3 Å². The largest absolute Gasteiger partial charge is 0.292 e. The highest BCUT2D eigenvalue weighted by Gasteiger charge is 2.30. The Morgan fingerprint density at radius 2 is 1.85 bits per heavy atom. The molecule has 1 fully saturated rings. The number of carbonyl (C=O) groups is 3. The Hall–Kier alpha value is -2.81. The predicted molar refractivity (Wildman–Crippen MR) is 91.8 cm³/mol. The van der Waals surface area contributed by atoms with Crippen LogP contribution in [0.2, 0.25) is 0 Å². The van der Waals surface area contributed by atoms with Gasteiger partial charge in [0.1, 0.15) is 5.69 Å². The molecule has 8 nitrogen and oxygen atoms in total. The van der Waals surface area contributed by atoms with Gasteiger partial charge in [-0.05, 0) is 23.8 Å². The third-order valence-corrected chi connectivity index (χ3v) is 5.66. The summed E-state index contributed by atoms with van der Waals surface area (Å²) in [5, 5.41) is 0. The van der Waals surface area contributed by atoms with Gasteiger partial charge in [0.15, 0.2) is 5.78 Å². The number of rotatable bonds is 7. The molecule has 9 heteroatoms. The molecule has 1 saturated heterocycles. The lowest BCUT2D eigenvalue weighted by molar-refractivity contribution is -0.137. The SMILES string of the molecule is O=C(Cc1ccn(S(=O)(=O)CCN2C(=O)CCC2=O)c1)c1ccccn1. The standard InChI is InChI=1S/C17H17N3O5S/c21-15(14-3-1-2-7-18-14)11-13-6-8-19(12-13)26(24,25)10-9-20-16(22)4-5-17(20)23/h1-3,6-8,12H,4-5,9-11H2. The van der Waals surface area contributed by atoms with Crippen molar-refractivity contribution in [3.8, 4) is 0 Å². The molecule has 0 unspecified atom stereocenters. The first kappa shape index (κ1) is 18.0. The minimum absolute atomic E-state index is 0.0304. The molecule has 3 heterocycles. The monoisotopic (exact) mass is 375 g/mol. The topological polar surface area (TPSA) is 106 Å². The van der Waals surface area contributed by atoms with Crippen molar-refractivity contribution in [1.82, 2.24) is 13.9 Å². The maximum absolute atomic E-state index is 12.4. The second-order valence-electron chi connectivity index (χ2n) is 5.92. The van der Waals surface area contributed by atoms with Crippen molar-refractivity contribution in [3.63, 3.8) is 0 Å². The number of hydrogen-bond donors (Lipinski definition) is 0. The highest BCUT2D eigenvalue weighted by molar-refractivity contribution is 7.89. The molecule has 0 aliphatic carbocycles. The van der Waals surface area contributed by atoms with Crippen molar-refractivity contribution in [2.24, 2.45) is 0 Å². The van der Waals surface area contributed by atoms with Crippen molar-refractivity contribution in [2.75, 3.05) is 12.3 Å². The van der Waals surface area contributed by atoms with E-state index in [0.29, 0.717) is 11.3 Å². The molecule has 3 rings (SSSR count). The first-order valence-corrected chi connectivity index (χ1v) is 9.65. The highest BCUT2D eigenvalue weighted by atomic mass is 32.2. The van der Waals surface area contributed by atoms with Crippen molar-refractivity contribution < 1.29 is 22.8 Å². The highest BCUT2D eigenvalue weighted by Crippen LogP contribution is 2.13. The molecule has 0 aromatic carbocycles. The summed E-state index contributed by atoms with van der Waals surface area (Å²) >= 11 is 0. The third-order valence-electron chi connectivity index (χ3n) is 4.09. The fourth-order valence-corrected chi connectivity index (χ4v) is 3.85. The minimum atomic E-state index is -3.73. The van der Waals surface area contributed by atoms with Gasteiger partial charge in [0.05, 0.1) is 5.75 Å². The zero-order valence-corrected chi connectivity index (χ0v) is 14.7. The Labute approximate surface area is 150 Å². The average Bonchev–Trinajstić information content (AvgIpc) is 3.22. The maximum Gasteiger partial charge on any atom is 0.240 e. The molecule has 0 spiro atoms. The lowest BCUT2D eigenvalue weighted by Crippen LogP contribution is -2.34. The average molecular weight is 375 g/mol. The van der Waals surface area contributed by atoms with Gasteiger partial charge in [0.25, 0.3) is 0 Å². The first-order valence-electron chi connectivity index (χ1n) is 8.04. The minimum Gasteiger partial charge on any atom is -0.292 e. The molecular weight excluding hydrogens is 358 g/mol. The number of imide groups is 1. The maximum atomic E-state index is 12.4. The number of ketones is 1. The van der Waals surface area contributed by atoms with E-state index in [1.807, 2.05) is 0 Å². The second kappa shape index (κ2) is 7.20. The molecule has 2 aromatic heterocycles. The van der Waals surface area contributed by atoms with E-state index in [0.717, 1.165) is 8.87 Å².